The summed E-state index contributed by atoms with van der Waals surface area (Å²) < 4.78 is 10.3. The van der Waals surface area contributed by atoms with Gasteiger partial charge in [0.2, 0.25) is 5.78 Å². The second-order valence-corrected chi connectivity index (χ2v) is 4.49. The summed E-state index contributed by atoms with van der Waals surface area (Å²) in [5, 5.41) is 1.80. The van der Waals surface area contributed by atoms with Crippen LogP contribution in [0.3, 0.4) is 0 Å². The number of hydrogen-bond acceptors (Lipinski definition) is 5. The van der Waals surface area contributed by atoms with Crippen molar-refractivity contribution in [2.24, 2.45) is 0 Å². The maximum Gasteiger partial charge on any atom is 0.212 e. The van der Waals surface area contributed by atoms with Crippen molar-refractivity contribution in [3.8, 4) is 11.5 Å². The van der Waals surface area contributed by atoms with Crippen LogP contribution in [-0.4, -0.2) is 20.0 Å². The van der Waals surface area contributed by atoms with Gasteiger partial charge in [0.15, 0.2) is 0 Å². The number of nitrogens with two attached hydrogens (primary N) is 1. The Bertz CT molecular complexity index is 577. The number of carbonyl (C=O) groups is 1. The van der Waals surface area contributed by atoms with Crippen molar-refractivity contribution in [2.45, 2.75) is 0 Å². The molecule has 1 aromatic heterocycles. The molecule has 0 spiro atoms. The van der Waals surface area contributed by atoms with Crippen molar-refractivity contribution in [2.75, 3.05) is 20.0 Å². The summed E-state index contributed by atoms with van der Waals surface area (Å²) in [6.45, 7) is 0. The van der Waals surface area contributed by atoms with Crippen LogP contribution in [0.25, 0.3) is 0 Å². The number of methoxy groups -OCH3 is 2. The average Bonchev–Trinajstić information content (AvgIpc) is 2.85. The fourth-order valence-electron chi connectivity index (χ4n) is 1.70. The van der Waals surface area contributed by atoms with Gasteiger partial charge in [-0.25, -0.2) is 0 Å². The second-order valence-electron chi connectivity index (χ2n) is 3.57. The number of ether oxygens (including phenoxy) is 2. The summed E-state index contributed by atoms with van der Waals surface area (Å²) in [5.74, 6) is 0.836. The van der Waals surface area contributed by atoms with E-state index in [4.69, 9.17) is 15.2 Å². The van der Waals surface area contributed by atoms with E-state index in [1.807, 2.05) is 0 Å². The number of rotatable bonds is 4. The number of carbonyl (C=O) groups excluding carboxylic acids is 1. The Balaban J connectivity index is 2.52. The van der Waals surface area contributed by atoms with Gasteiger partial charge in [0.25, 0.3) is 0 Å². The lowest BCUT2D eigenvalue weighted by Gasteiger charge is -2.10. The Hall–Kier alpha value is -2.01. The summed E-state index contributed by atoms with van der Waals surface area (Å²) >= 11 is 1.32. The second kappa shape index (κ2) is 5.10. The molecule has 18 heavy (non-hydrogen) atoms. The predicted molar refractivity (Wildman–Crippen MR) is 71.7 cm³/mol. The zero-order valence-corrected chi connectivity index (χ0v) is 10.9. The van der Waals surface area contributed by atoms with Gasteiger partial charge in [-0.3, -0.25) is 4.79 Å². The third-order valence-corrected chi connectivity index (χ3v) is 3.46. The number of nitrogen functional groups attached to an aromatic ring is 1. The number of thiophene rings is 1. The third-order valence-electron chi connectivity index (χ3n) is 2.56. The Morgan fingerprint density at radius 1 is 1.17 bits per heavy atom. The average molecular weight is 263 g/mol. The zero-order chi connectivity index (χ0) is 13.1. The van der Waals surface area contributed by atoms with Crippen molar-refractivity contribution in [3.63, 3.8) is 0 Å². The number of ketones is 1. The highest BCUT2D eigenvalue weighted by Gasteiger charge is 2.21. The highest BCUT2D eigenvalue weighted by Crippen LogP contribution is 2.33. The Morgan fingerprint density at radius 3 is 2.56 bits per heavy atom. The molecule has 0 atom stereocenters. The van der Waals surface area contributed by atoms with Gasteiger partial charge in [0.05, 0.1) is 19.8 Å². The van der Waals surface area contributed by atoms with Crippen LogP contribution < -0.4 is 15.2 Å². The van der Waals surface area contributed by atoms with Crippen LogP contribution in [0, 0.1) is 0 Å². The first-order valence-corrected chi connectivity index (χ1v) is 6.15. The molecule has 0 radical (unpaired) electrons. The van der Waals surface area contributed by atoms with Crippen LogP contribution in [0.15, 0.2) is 29.6 Å². The Labute approximate surface area is 109 Å². The molecule has 0 aliphatic heterocycles. The highest BCUT2D eigenvalue weighted by molar-refractivity contribution is 7.12. The fraction of sp³-hybridized carbons (Fsp3) is 0.154. The molecule has 0 fully saturated rings. The van der Waals surface area contributed by atoms with E-state index in [0.29, 0.717) is 27.6 Å². The minimum absolute atomic E-state index is 0.184. The van der Waals surface area contributed by atoms with Crippen molar-refractivity contribution in [1.29, 1.82) is 0 Å². The van der Waals surface area contributed by atoms with Gasteiger partial charge in [-0.1, -0.05) is 6.07 Å². The molecular formula is C13H13NO3S. The Morgan fingerprint density at radius 2 is 1.89 bits per heavy atom. The molecule has 0 saturated heterocycles. The first kappa shape index (κ1) is 12.4. The summed E-state index contributed by atoms with van der Waals surface area (Å²) in [6.07, 6.45) is 0. The van der Waals surface area contributed by atoms with Gasteiger partial charge >= 0.3 is 0 Å². The SMILES string of the molecule is COc1ccsc1C(=O)c1c(N)cccc1OC. The van der Waals surface area contributed by atoms with E-state index in [1.165, 1.54) is 25.6 Å². The van der Waals surface area contributed by atoms with E-state index in [1.54, 1.807) is 29.6 Å². The number of benzene rings is 1. The molecule has 0 unspecified atom stereocenters. The van der Waals surface area contributed by atoms with E-state index < -0.39 is 0 Å². The highest BCUT2D eigenvalue weighted by atomic mass is 32.1. The maximum absolute atomic E-state index is 12.5. The lowest BCUT2D eigenvalue weighted by molar-refractivity contribution is 0.103. The third kappa shape index (κ3) is 2.04. The summed E-state index contributed by atoms with van der Waals surface area (Å²) in [6, 6.07) is 6.89. The molecular weight excluding hydrogens is 250 g/mol. The smallest absolute Gasteiger partial charge is 0.212 e. The van der Waals surface area contributed by atoms with Gasteiger partial charge in [0, 0.05) is 5.69 Å². The van der Waals surface area contributed by atoms with Crippen LogP contribution >= 0.6 is 11.3 Å². The van der Waals surface area contributed by atoms with Gasteiger partial charge in [-0.2, -0.15) is 0 Å². The summed E-state index contributed by atoms with van der Waals surface area (Å²) in [4.78, 5) is 13.0. The summed E-state index contributed by atoms with van der Waals surface area (Å²) in [7, 11) is 3.04. The molecule has 0 saturated carbocycles. The molecule has 0 aliphatic rings. The minimum atomic E-state index is -0.184. The maximum atomic E-state index is 12.5. The monoisotopic (exact) mass is 263 g/mol. The molecule has 2 N–H and O–H groups in total. The predicted octanol–water partition coefficient (Wildman–Crippen LogP) is 2.58. The van der Waals surface area contributed by atoms with Crippen molar-refractivity contribution < 1.29 is 14.3 Å². The molecule has 1 aromatic carbocycles. The number of anilines is 1. The molecule has 0 bridgehead atoms. The minimum Gasteiger partial charge on any atom is -0.496 e. The van der Waals surface area contributed by atoms with Gasteiger partial charge in [0.1, 0.15) is 16.4 Å². The van der Waals surface area contributed by atoms with Gasteiger partial charge in [-0.15, -0.1) is 11.3 Å². The normalized spacial score (nSPS) is 10.1. The van der Waals surface area contributed by atoms with Crippen molar-refractivity contribution >= 4 is 22.8 Å². The van der Waals surface area contributed by atoms with Crippen molar-refractivity contribution in [3.05, 3.63) is 40.1 Å². The largest absolute Gasteiger partial charge is 0.496 e. The van der Waals surface area contributed by atoms with E-state index in [2.05, 4.69) is 0 Å². The van der Waals surface area contributed by atoms with Crippen LogP contribution in [0.2, 0.25) is 0 Å². The van der Waals surface area contributed by atoms with Crippen LogP contribution in [0.5, 0.6) is 11.5 Å². The van der Waals surface area contributed by atoms with E-state index in [9.17, 15) is 4.79 Å². The van der Waals surface area contributed by atoms with Crippen LogP contribution in [0.4, 0.5) is 5.69 Å². The molecule has 1 heterocycles. The topological polar surface area (TPSA) is 61.5 Å². The lowest BCUT2D eigenvalue weighted by Crippen LogP contribution is -2.07. The number of hydrogen-bond donors (Lipinski definition) is 1. The first-order chi connectivity index (χ1) is 8.69. The molecule has 2 aromatic rings. The molecule has 94 valence electrons. The van der Waals surface area contributed by atoms with E-state index >= 15 is 0 Å². The van der Waals surface area contributed by atoms with Gasteiger partial charge < -0.3 is 15.2 Å². The molecule has 0 amide bonds. The Kier molecular flexibility index (Phi) is 3.53. The molecule has 2 rings (SSSR count). The lowest BCUT2D eigenvalue weighted by atomic mass is 10.1. The van der Waals surface area contributed by atoms with Crippen LogP contribution in [0.1, 0.15) is 15.2 Å². The molecule has 0 aliphatic carbocycles. The van der Waals surface area contributed by atoms with Gasteiger partial charge in [-0.05, 0) is 23.6 Å². The zero-order valence-electron chi connectivity index (χ0n) is 10.1. The van der Waals surface area contributed by atoms with Crippen LogP contribution in [-0.2, 0) is 0 Å². The first-order valence-electron chi connectivity index (χ1n) is 5.27. The quantitative estimate of drug-likeness (QED) is 0.680. The van der Waals surface area contributed by atoms with E-state index in [0.717, 1.165) is 0 Å². The standard InChI is InChI=1S/C13H13NO3S/c1-16-9-5-3-4-8(14)11(9)12(15)13-10(17-2)6-7-18-13/h3-7H,14H2,1-2H3. The summed E-state index contributed by atoms with van der Waals surface area (Å²) in [5.41, 5.74) is 6.63. The molecule has 4 nitrogen and oxygen atoms in total. The van der Waals surface area contributed by atoms with Crippen molar-refractivity contribution in [1.82, 2.24) is 0 Å². The fourth-order valence-corrected chi connectivity index (χ4v) is 2.50. The molecule has 5 heteroatoms. The van der Waals surface area contributed by atoms with E-state index in [-0.39, 0.29) is 5.78 Å².